The lowest BCUT2D eigenvalue weighted by atomic mass is 9.90. The van der Waals surface area contributed by atoms with Crippen LogP contribution in [0.1, 0.15) is 34.3 Å². The highest BCUT2D eigenvalue weighted by atomic mass is 19.1. The molecule has 1 amide bonds. The second-order valence-corrected chi connectivity index (χ2v) is 6.78. The van der Waals surface area contributed by atoms with Crippen molar-refractivity contribution in [2.45, 2.75) is 26.2 Å². The van der Waals surface area contributed by atoms with Crippen molar-refractivity contribution in [3.63, 3.8) is 0 Å². The Bertz CT molecular complexity index is 815. The molecule has 1 saturated heterocycles. The van der Waals surface area contributed by atoms with Crippen molar-refractivity contribution in [2.75, 3.05) is 13.1 Å². The van der Waals surface area contributed by atoms with Crippen LogP contribution < -0.4 is 0 Å². The van der Waals surface area contributed by atoms with E-state index >= 15 is 0 Å². The summed E-state index contributed by atoms with van der Waals surface area (Å²) in [5, 5.41) is 11.1. The molecule has 2 aromatic carbocycles. The predicted molar refractivity (Wildman–Crippen MR) is 96.6 cm³/mol. The number of piperidine rings is 1. The van der Waals surface area contributed by atoms with E-state index in [1.165, 1.54) is 18.6 Å². The maximum absolute atomic E-state index is 14.0. The van der Waals surface area contributed by atoms with Gasteiger partial charge in [0.25, 0.3) is 11.6 Å². The number of amides is 1. The zero-order valence-corrected chi connectivity index (χ0v) is 14.7. The van der Waals surface area contributed by atoms with E-state index in [0.29, 0.717) is 19.0 Å². The summed E-state index contributed by atoms with van der Waals surface area (Å²) in [6.07, 6.45) is 2.72. The minimum atomic E-state index is -0.721. The lowest BCUT2D eigenvalue weighted by Gasteiger charge is -2.32. The van der Waals surface area contributed by atoms with Crippen LogP contribution in [-0.4, -0.2) is 28.8 Å². The van der Waals surface area contributed by atoms with Gasteiger partial charge in [0.05, 0.1) is 10.5 Å². The zero-order chi connectivity index (χ0) is 18.7. The Kier molecular flexibility index (Phi) is 5.30. The van der Waals surface area contributed by atoms with Crippen LogP contribution in [0.3, 0.4) is 0 Å². The van der Waals surface area contributed by atoms with E-state index in [4.69, 9.17) is 0 Å². The lowest BCUT2D eigenvalue weighted by molar-refractivity contribution is -0.385. The van der Waals surface area contributed by atoms with Gasteiger partial charge in [-0.05, 0) is 43.7 Å². The van der Waals surface area contributed by atoms with E-state index < -0.39 is 10.7 Å². The van der Waals surface area contributed by atoms with Crippen molar-refractivity contribution >= 4 is 11.6 Å². The molecule has 26 heavy (non-hydrogen) atoms. The highest BCUT2D eigenvalue weighted by Gasteiger charge is 2.26. The molecule has 5 nitrogen and oxygen atoms in total. The molecule has 0 saturated carbocycles. The molecule has 0 spiro atoms. The number of halogens is 1. The van der Waals surface area contributed by atoms with Gasteiger partial charge in [-0.3, -0.25) is 14.9 Å². The summed E-state index contributed by atoms with van der Waals surface area (Å²) in [4.78, 5) is 24.7. The molecule has 0 bridgehead atoms. The predicted octanol–water partition coefficient (Wildman–Crippen LogP) is 4.14. The molecule has 1 aliphatic rings. The Labute approximate surface area is 151 Å². The number of carbonyl (C=O) groups is 1. The zero-order valence-electron chi connectivity index (χ0n) is 14.7. The van der Waals surface area contributed by atoms with Gasteiger partial charge in [0, 0.05) is 24.7 Å². The normalized spacial score (nSPS) is 15.1. The molecule has 2 aromatic rings. The molecule has 136 valence electrons. The van der Waals surface area contributed by atoms with E-state index in [2.05, 4.69) is 12.1 Å². The van der Waals surface area contributed by atoms with E-state index in [0.717, 1.165) is 25.3 Å². The van der Waals surface area contributed by atoms with Crippen LogP contribution >= 0.6 is 0 Å². The quantitative estimate of drug-likeness (QED) is 0.611. The maximum atomic E-state index is 14.0. The fourth-order valence-electron chi connectivity index (χ4n) is 3.45. The molecule has 0 aliphatic carbocycles. The molecule has 0 atom stereocenters. The van der Waals surface area contributed by atoms with Gasteiger partial charge in [0.15, 0.2) is 0 Å². The largest absolute Gasteiger partial charge is 0.339 e. The first kappa shape index (κ1) is 18.0. The number of carbonyl (C=O) groups excluding carboxylic acids is 1. The number of nitro benzene ring substituents is 1. The molecular weight excluding hydrogens is 335 g/mol. The van der Waals surface area contributed by atoms with Gasteiger partial charge in [-0.2, -0.15) is 0 Å². The Hall–Kier alpha value is -2.76. The van der Waals surface area contributed by atoms with Crippen LogP contribution in [-0.2, 0) is 6.42 Å². The summed E-state index contributed by atoms with van der Waals surface area (Å²) >= 11 is 0. The molecule has 1 aliphatic heterocycles. The van der Waals surface area contributed by atoms with Crippen LogP contribution in [0.15, 0.2) is 42.5 Å². The summed E-state index contributed by atoms with van der Waals surface area (Å²) in [6.45, 7) is 2.51. The highest BCUT2D eigenvalue weighted by Crippen LogP contribution is 2.26. The van der Waals surface area contributed by atoms with Crippen LogP contribution in [0.4, 0.5) is 10.1 Å². The average Bonchev–Trinajstić information content (AvgIpc) is 2.64. The van der Waals surface area contributed by atoms with Crippen molar-refractivity contribution in [2.24, 2.45) is 5.92 Å². The Morgan fingerprint density at radius 3 is 2.50 bits per heavy atom. The number of hydrogen-bond donors (Lipinski definition) is 0. The molecule has 0 unspecified atom stereocenters. The first-order chi connectivity index (χ1) is 12.5. The van der Waals surface area contributed by atoms with Gasteiger partial charge in [-0.25, -0.2) is 4.39 Å². The molecular formula is C20H21FN2O3. The third-order valence-corrected chi connectivity index (χ3v) is 5.03. The van der Waals surface area contributed by atoms with Crippen molar-refractivity contribution in [3.8, 4) is 0 Å². The number of benzene rings is 2. The van der Waals surface area contributed by atoms with E-state index in [1.54, 1.807) is 4.90 Å². The molecule has 1 fully saturated rings. The molecule has 1 heterocycles. The van der Waals surface area contributed by atoms with Crippen LogP contribution in [0.25, 0.3) is 0 Å². The number of likely N-dealkylation sites (tertiary alicyclic amines) is 1. The SMILES string of the molecule is Cc1c(F)cc(C(=O)N2CCC(Cc3ccccc3)CC2)cc1[N+](=O)[O-]. The third-order valence-electron chi connectivity index (χ3n) is 5.03. The van der Waals surface area contributed by atoms with Crippen molar-refractivity contribution < 1.29 is 14.1 Å². The van der Waals surface area contributed by atoms with Gasteiger partial charge >= 0.3 is 0 Å². The minimum absolute atomic E-state index is 0.0429. The number of rotatable bonds is 4. The maximum Gasteiger partial charge on any atom is 0.276 e. The standard InChI is InChI=1S/C20H21FN2O3/c1-14-18(21)12-17(13-19(14)23(25)26)20(24)22-9-7-16(8-10-22)11-15-5-3-2-4-6-15/h2-6,12-13,16H,7-11H2,1H3. The van der Waals surface area contributed by atoms with Crippen molar-refractivity contribution in [1.29, 1.82) is 0 Å². The average molecular weight is 356 g/mol. The Morgan fingerprint density at radius 2 is 1.88 bits per heavy atom. The first-order valence-corrected chi connectivity index (χ1v) is 8.73. The van der Waals surface area contributed by atoms with E-state index in [1.807, 2.05) is 18.2 Å². The summed E-state index contributed by atoms with van der Waals surface area (Å²) in [5.41, 5.74) is 0.926. The molecule has 3 rings (SSSR count). The highest BCUT2D eigenvalue weighted by molar-refractivity contribution is 5.95. The van der Waals surface area contributed by atoms with E-state index in [9.17, 15) is 19.3 Å². The second-order valence-electron chi connectivity index (χ2n) is 6.78. The summed E-state index contributed by atoms with van der Waals surface area (Å²) in [5.74, 6) is -0.558. The number of nitrogens with zero attached hydrogens (tertiary/aromatic N) is 2. The molecule has 0 N–H and O–H groups in total. The van der Waals surface area contributed by atoms with E-state index in [-0.39, 0.29) is 22.7 Å². The molecule has 0 aromatic heterocycles. The monoisotopic (exact) mass is 356 g/mol. The van der Waals surface area contributed by atoms with Gasteiger partial charge in [-0.1, -0.05) is 30.3 Å². The summed E-state index contributed by atoms with van der Waals surface area (Å²) in [7, 11) is 0. The minimum Gasteiger partial charge on any atom is -0.339 e. The lowest BCUT2D eigenvalue weighted by Crippen LogP contribution is -2.39. The Balaban J connectivity index is 1.66. The number of nitro groups is 1. The first-order valence-electron chi connectivity index (χ1n) is 8.73. The van der Waals surface area contributed by atoms with Crippen molar-refractivity contribution in [1.82, 2.24) is 4.90 Å². The van der Waals surface area contributed by atoms with Crippen LogP contribution in [0.5, 0.6) is 0 Å². The molecule has 6 heteroatoms. The Morgan fingerprint density at radius 1 is 1.23 bits per heavy atom. The topological polar surface area (TPSA) is 63.5 Å². The van der Waals surface area contributed by atoms with Crippen LogP contribution in [0.2, 0.25) is 0 Å². The second kappa shape index (κ2) is 7.64. The van der Waals surface area contributed by atoms with Crippen molar-refractivity contribution in [3.05, 3.63) is 75.1 Å². The molecule has 0 radical (unpaired) electrons. The smallest absolute Gasteiger partial charge is 0.276 e. The fraction of sp³-hybridized carbons (Fsp3) is 0.350. The van der Waals surface area contributed by atoms with Crippen LogP contribution in [0, 0.1) is 28.8 Å². The van der Waals surface area contributed by atoms with Gasteiger partial charge in [0.1, 0.15) is 5.82 Å². The summed E-state index contributed by atoms with van der Waals surface area (Å²) in [6, 6.07) is 12.5. The fourth-order valence-corrected chi connectivity index (χ4v) is 3.45. The van der Waals surface area contributed by atoms with Gasteiger partial charge in [0.2, 0.25) is 0 Å². The summed E-state index contributed by atoms with van der Waals surface area (Å²) < 4.78 is 14.0. The third kappa shape index (κ3) is 3.90. The van der Waals surface area contributed by atoms with Gasteiger partial charge < -0.3 is 4.90 Å². The van der Waals surface area contributed by atoms with Gasteiger partial charge in [-0.15, -0.1) is 0 Å². The number of hydrogen-bond acceptors (Lipinski definition) is 3.